The fourth-order valence-corrected chi connectivity index (χ4v) is 4.56. The molecule has 0 aliphatic carbocycles. The first kappa shape index (κ1) is 19.3. The molecule has 1 saturated heterocycles. The molecule has 3 heterocycles. The molecule has 8 nitrogen and oxygen atoms in total. The van der Waals surface area contributed by atoms with Gasteiger partial charge in [-0.1, -0.05) is 11.8 Å². The van der Waals surface area contributed by atoms with E-state index in [1.807, 2.05) is 0 Å². The van der Waals surface area contributed by atoms with Gasteiger partial charge in [-0.25, -0.2) is 4.79 Å². The Balaban J connectivity index is 1.63. The van der Waals surface area contributed by atoms with Crippen LogP contribution in [0.5, 0.6) is 0 Å². The van der Waals surface area contributed by atoms with Gasteiger partial charge in [0.15, 0.2) is 5.82 Å². The Morgan fingerprint density at radius 1 is 1.36 bits per heavy atom. The number of aliphatic hydroxyl groups excluding tert-OH is 2. The normalized spacial score (nSPS) is 23.1. The topological polar surface area (TPSA) is 99.9 Å². The summed E-state index contributed by atoms with van der Waals surface area (Å²) < 4.78 is 7.00. The summed E-state index contributed by atoms with van der Waals surface area (Å²) in [5, 5.41) is 22.5. The average molecular weight is 404 g/mol. The van der Waals surface area contributed by atoms with Crippen LogP contribution in [0.4, 0.5) is 17.2 Å². The van der Waals surface area contributed by atoms with Crippen molar-refractivity contribution in [3.05, 3.63) is 34.9 Å². The van der Waals surface area contributed by atoms with E-state index in [-0.39, 0.29) is 13.0 Å². The highest BCUT2D eigenvalue weighted by Gasteiger charge is 2.35. The maximum absolute atomic E-state index is 12.5. The number of hydrogen-bond acceptors (Lipinski definition) is 8. The van der Waals surface area contributed by atoms with Crippen LogP contribution in [0.25, 0.3) is 0 Å². The lowest BCUT2D eigenvalue weighted by atomic mass is 10.2. The number of benzene rings is 1. The number of fused-ring (bicyclic) bond motifs is 2. The van der Waals surface area contributed by atoms with Crippen LogP contribution < -0.4 is 15.9 Å². The van der Waals surface area contributed by atoms with E-state index in [9.17, 15) is 15.0 Å². The van der Waals surface area contributed by atoms with Gasteiger partial charge in [-0.3, -0.25) is 4.57 Å². The fourth-order valence-electron chi connectivity index (χ4n) is 3.61. The number of nitrogens with zero attached hydrogens (tertiary/aromatic N) is 3. The van der Waals surface area contributed by atoms with Gasteiger partial charge in [0, 0.05) is 36.3 Å². The van der Waals surface area contributed by atoms with Gasteiger partial charge in [-0.2, -0.15) is 4.98 Å². The zero-order valence-electron chi connectivity index (χ0n) is 15.8. The zero-order chi connectivity index (χ0) is 19.8. The van der Waals surface area contributed by atoms with Crippen molar-refractivity contribution in [2.75, 3.05) is 29.9 Å². The highest BCUT2D eigenvalue weighted by Crippen LogP contribution is 2.44. The molecule has 2 aliphatic heterocycles. The third-order valence-corrected chi connectivity index (χ3v) is 6.27. The van der Waals surface area contributed by atoms with Crippen molar-refractivity contribution >= 4 is 29.0 Å². The third-order valence-electron chi connectivity index (χ3n) is 5.18. The summed E-state index contributed by atoms with van der Waals surface area (Å²) >= 11 is 1.54. The SMILES string of the molecule is CCN(CC)c1ccc2c(c1)Nc1nc(=O)n(C3C[C@@H](O)C(CO)O3)cc1S2. The van der Waals surface area contributed by atoms with E-state index in [1.54, 1.807) is 6.20 Å². The maximum Gasteiger partial charge on any atom is 0.351 e. The molecule has 2 unspecified atom stereocenters. The van der Waals surface area contributed by atoms with Gasteiger partial charge in [0.05, 0.1) is 23.3 Å². The molecular formula is C19H24N4O4S. The minimum atomic E-state index is -0.803. The van der Waals surface area contributed by atoms with E-state index in [4.69, 9.17) is 4.74 Å². The Labute approximate surface area is 167 Å². The molecule has 1 aromatic heterocycles. The Morgan fingerprint density at radius 3 is 2.82 bits per heavy atom. The number of rotatable bonds is 5. The van der Waals surface area contributed by atoms with E-state index in [2.05, 4.69) is 47.2 Å². The third kappa shape index (κ3) is 3.39. The Hall–Kier alpha value is -2.07. The molecule has 28 heavy (non-hydrogen) atoms. The molecule has 4 rings (SSSR count). The fraction of sp³-hybridized carbons (Fsp3) is 0.474. The monoisotopic (exact) mass is 404 g/mol. The Bertz CT molecular complexity index is 931. The van der Waals surface area contributed by atoms with Gasteiger partial charge < -0.3 is 25.2 Å². The predicted molar refractivity (Wildman–Crippen MR) is 108 cm³/mol. The molecule has 3 N–H and O–H groups in total. The minimum absolute atomic E-state index is 0.244. The van der Waals surface area contributed by atoms with Gasteiger partial charge in [0.25, 0.3) is 0 Å². The molecule has 0 saturated carbocycles. The standard InChI is InChI=1S/C19H24N4O4S/c1-3-22(4-2)11-5-6-15-12(7-11)20-18-16(28-15)9-23(19(26)21-18)17-8-13(25)14(10-24)27-17/h5-7,9,13-14,17,24-25H,3-4,8,10H2,1-2H3,(H,20,21,26)/t13-,14?,17?/m1/s1. The number of ether oxygens (including phenoxy) is 1. The molecule has 0 amide bonds. The second-order valence-electron chi connectivity index (χ2n) is 6.84. The Kier molecular flexibility index (Phi) is 5.33. The number of aliphatic hydroxyl groups is 2. The van der Waals surface area contributed by atoms with E-state index >= 15 is 0 Å². The summed E-state index contributed by atoms with van der Waals surface area (Å²) in [7, 11) is 0. The Morgan fingerprint density at radius 2 is 2.14 bits per heavy atom. The van der Waals surface area contributed by atoms with E-state index in [0.717, 1.165) is 34.3 Å². The van der Waals surface area contributed by atoms with Crippen molar-refractivity contribution in [1.82, 2.24) is 9.55 Å². The van der Waals surface area contributed by atoms with Gasteiger partial charge in [0.1, 0.15) is 12.3 Å². The smallest absolute Gasteiger partial charge is 0.351 e. The quantitative estimate of drug-likeness (QED) is 0.593. The molecular weight excluding hydrogens is 380 g/mol. The highest BCUT2D eigenvalue weighted by atomic mass is 32.2. The molecule has 0 radical (unpaired) electrons. The lowest BCUT2D eigenvalue weighted by molar-refractivity contribution is -0.0460. The van der Waals surface area contributed by atoms with Crippen LogP contribution in [0.2, 0.25) is 0 Å². The first-order chi connectivity index (χ1) is 13.5. The summed E-state index contributed by atoms with van der Waals surface area (Å²) in [6.07, 6.45) is -0.167. The van der Waals surface area contributed by atoms with Crippen LogP contribution in [-0.4, -0.2) is 51.7 Å². The van der Waals surface area contributed by atoms with Crippen LogP contribution in [-0.2, 0) is 4.74 Å². The van der Waals surface area contributed by atoms with Gasteiger partial charge in [0.2, 0.25) is 0 Å². The first-order valence-electron chi connectivity index (χ1n) is 9.45. The zero-order valence-corrected chi connectivity index (χ0v) is 16.6. The molecule has 1 aromatic carbocycles. The molecule has 2 aliphatic rings. The number of hydrogen-bond donors (Lipinski definition) is 3. The second kappa shape index (κ2) is 7.75. The van der Waals surface area contributed by atoms with Crippen LogP contribution >= 0.6 is 11.8 Å². The summed E-state index contributed by atoms with van der Waals surface area (Å²) in [5.74, 6) is 0.521. The highest BCUT2D eigenvalue weighted by molar-refractivity contribution is 7.99. The van der Waals surface area contributed by atoms with Crippen molar-refractivity contribution in [3.8, 4) is 0 Å². The number of nitrogens with one attached hydrogen (secondary N) is 1. The van der Waals surface area contributed by atoms with Crippen molar-refractivity contribution in [1.29, 1.82) is 0 Å². The van der Waals surface area contributed by atoms with Crippen LogP contribution in [0.1, 0.15) is 26.5 Å². The van der Waals surface area contributed by atoms with Gasteiger partial charge in [-0.05, 0) is 32.0 Å². The van der Waals surface area contributed by atoms with Crippen molar-refractivity contribution < 1.29 is 14.9 Å². The van der Waals surface area contributed by atoms with Crippen LogP contribution in [0.15, 0.2) is 39.0 Å². The maximum atomic E-state index is 12.5. The summed E-state index contributed by atoms with van der Waals surface area (Å²) in [6.45, 7) is 5.79. The molecule has 0 bridgehead atoms. The van der Waals surface area contributed by atoms with Crippen molar-refractivity contribution in [2.24, 2.45) is 0 Å². The van der Waals surface area contributed by atoms with Gasteiger partial charge in [-0.15, -0.1) is 0 Å². The van der Waals surface area contributed by atoms with Crippen molar-refractivity contribution in [2.45, 2.75) is 48.5 Å². The van der Waals surface area contributed by atoms with Crippen LogP contribution in [0.3, 0.4) is 0 Å². The van der Waals surface area contributed by atoms with E-state index in [1.165, 1.54) is 16.3 Å². The largest absolute Gasteiger partial charge is 0.394 e. The molecule has 9 heteroatoms. The van der Waals surface area contributed by atoms with Gasteiger partial charge >= 0.3 is 5.69 Å². The summed E-state index contributed by atoms with van der Waals surface area (Å²) in [4.78, 5) is 20.8. The summed E-state index contributed by atoms with van der Waals surface area (Å²) in [6, 6.07) is 6.24. The molecule has 1 fully saturated rings. The molecule has 150 valence electrons. The molecule has 2 aromatic rings. The number of aromatic nitrogens is 2. The van der Waals surface area contributed by atoms with E-state index in [0.29, 0.717) is 5.82 Å². The van der Waals surface area contributed by atoms with Crippen LogP contribution in [0, 0.1) is 0 Å². The lowest BCUT2D eigenvalue weighted by Gasteiger charge is -2.25. The predicted octanol–water partition coefficient (Wildman–Crippen LogP) is 1.94. The second-order valence-corrected chi connectivity index (χ2v) is 7.92. The average Bonchev–Trinajstić information content (AvgIpc) is 3.07. The van der Waals surface area contributed by atoms with E-state index < -0.39 is 24.1 Å². The molecule has 3 atom stereocenters. The molecule has 0 spiro atoms. The lowest BCUT2D eigenvalue weighted by Crippen LogP contribution is -2.29. The summed E-state index contributed by atoms with van der Waals surface area (Å²) in [5.41, 5.74) is 1.60. The number of anilines is 3. The van der Waals surface area contributed by atoms with Crippen molar-refractivity contribution in [3.63, 3.8) is 0 Å². The minimum Gasteiger partial charge on any atom is -0.394 e. The first-order valence-corrected chi connectivity index (χ1v) is 10.3.